The summed E-state index contributed by atoms with van der Waals surface area (Å²) in [5.41, 5.74) is 2.83. The fraction of sp³-hybridized carbons (Fsp3) is 0.667. The SMILES string of the molecule is CNC(CN1CC(C)CC1C)c1ccc(C(C)C)cc1. The molecule has 0 aliphatic carbocycles. The predicted octanol–water partition coefficient (Wildman–Crippen LogP) is 3.80. The topological polar surface area (TPSA) is 15.3 Å². The molecular formula is C18H30N2. The van der Waals surface area contributed by atoms with Crippen LogP contribution in [0, 0.1) is 5.92 Å². The van der Waals surface area contributed by atoms with Gasteiger partial charge >= 0.3 is 0 Å². The minimum Gasteiger partial charge on any atom is -0.312 e. The molecule has 1 aromatic rings. The van der Waals surface area contributed by atoms with E-state index in [2.05, 4.69) is 69.2 Å². The van der Waals surface area contributed by atoms with Crippen LogP contribution in [0.5, 0.6) is 0 Å². The van der Waals surface area contributed by atoms with E-state index in [0.717, 1.165) is 18.5 Å². The van der Waals surface area contributed by atoms with E-state index < -0.39 is 0 Å². The Hall–Kier alpha value is -0.860. The highest BCUT2D eigenvalue weighted by atomic mass is 15.2. The quantitative estimate of drug-likeness (QED) is 0.878. The molecule has 1 aliphatic heterocycles. The van der Waals surface area contributed by atoms with Crippen LogP contribution in [0.3, 0.4) is 0 Å². The van der Waals surface area contributed by atoms with Gasteiger partial charge in [0.2, 0.25) is 0 Å². The molecule has 112 valence electrons. The van der Waals surface area contributed by atoms with Crippen molar-refractivity contribution in [3.8, 4) is 0 Å². The zero-order valence-electron chi connectivity index (χ0n) is 13.7. The summed E-state index contributed by atoms with van der Waals surface area (Å²) >= 11 is 0. The van der Waals surface area contributed by atoms with E-state index in [-0.39, 0.29) is 0 Å². The average Bonchev–Trinajstić information content (AvgIpc) is 2.74. The summed E-state index contributed by atoms with van der Waals surface area (Å²) in [6.45, 7) is 11.6. The third kappa shape index (κ3) is 3.62. The predicted molar refractivity (Wildman–Crippen MR) is 87.1 cm³/mol. The molecule has 3 atom stereocenters. The molecule has 0 saturated carbocycles. The molecule has 2 rings (SSSR count). The van der Waals surface area contributed by atoms with Crippen LogP contribution in [-0.2, 0) is 0 Å². The first kappa shape index (κ1) is 15.5. The zero-order chi connectivity index (χ0) is 14.7. The molecule has 3 unspecified atom stereocenters. The molecular weight excluding hydrogens is 244 g/mol. The summed E-state index contributed by atoms with van der Waals surface area (Å²) in [6.07, 6.45) is 1.34. The molecule has 1 saturated heterocycles. The maximum absolute atomic E-state index is 3.49. The van der Waals surface area contributed by atoms with E-state index in [4.69, 9.17) is 0 Å². The Balaban J connectivity index is 2.04. The third-order valence-corrected chi connectivity index (χ3v) is 4.68. The number of hydrogen-bond acceptors (Lipinski definition) is 2. The lowest BCUT2D eigenvalue weighted by atomic mass is 9.99. The normalized spacial score (nSPS) is 25.3. The van der Waals surface area contributed by atoms with Crippen LogP contribution in [-0.4, -0.2) is 31.1 Å². The highest BCUT2D eigenvalue weighted by Gasteiger charge is 2.27. The van der Waals surface area contributed by atoms with Gasteiger partial charge in [0.05, 0.1) is 0 Å². The van der Waals surface area contributed by atoms with E-state index in [9.17, 15) is 0 Å². The molecule has 0 aromatic heterocycles. The van der Waals surface area contributed by atoms with Crippen LogP contribution in [0.2, 0.25) is 0 Å². The van der Waals surface area contributed by atoms with Crippen LogP contribution in [0.15, 0.2) is 24.3 Å². The molecule has 0 amide bonds. The van der Waals surface area contributed by atoms with Gasteiger partial charge in [-0.2, -0.15) is 0 Å². The van der Waals surface area contributed by atoms with Gasteiger partial charge in [-0.3, -0.25) is 4.90 Å². The maximum Gasteiger partial charge on any atom is 0.0446 e. The summed E-state index contributed by atoms with van der Waals surface area (Å²) in [6, 6.07) is 10.3. The van der Waals surface area contributed by atoms with E-state index in [1.807, 2.05) is 0 Å². The molecule has 1 heterocycles. The van der Waals surface area contributed by atoms with Gasteiger partial charge in [-0.05, 0) is 43.4 Å². The Morgan fingerprint density at radius 2 is 1.75 bits per heavy atom. The standard InChI is InChI=1S/C18H30N2/c1-13(2)16-6-8-17(9-7-16)18(19-5)12-20-11-14(3)10-15(20)4/h6-9,13-15,18-19H,10-12H2,1-5H3. The Labute approximate surface area is 124 Å². The van der Waals surface area contributed by atoms with Gasteiger partial charge in [0, 0.05) is 25.2 Å². The fourth-order valence-electron chi connectivity index (χ4n) is 3.35. The summed E-state index contributed by atoms with van der Waals surface area (Å²) in [5, 5.41) is 3.49. The van der Waals surface area contributed by atoms with Crippen molar-refractivity contribution in [1.82, 2.24) is 10.2 Å². The number of hydrogen-bond donors (Lipinski definition) is 1. The average molecular weight is 274 g/mol. The number of rotatable bonds is 5. The van der Waals surface area contributed by atoms with Gasteiger partial charge in [-0.1, -0.05) is 45.0 Å². The molecule has 0 bridgehead atoms. The zero-order valence-corrected chi connectivity index (χ0v) is 13.7. The van der Waals surface area contributed by atoms with Gasteiger partial charge < -0.3 is 5.32 Å². The lowest BCUT2D eigenvalue weighted by Crippen LogP contribution is -2.36. The number of likely N-dealkylation sites (N-methyl/N-ethyl adjacent to an activating group) is 1. The molecule has 0 radical (unpaired) electrons. The van der Waals surface area contributed by atoms with Gasteiger partial charge in [0.15, 0.2) is 0 Å². The van der Waals surface area contributed by atoms with E-state index in [0.29, 0.717) is 12.0 Å². The summed E-state index contributed by atoms with van der Waals surface area (Å²) in [5.74, 6) is 1.45. The van der Waals surface area contributed by atoms with Gasteiger partial charge in [-0.15, -0.1) is 0 Å². The Morgan fingerprint density at radius 1 is 1.15 bits per heavy atom. The lowest BCUT2D eigenvalue weighted by molar-refractivity contribution is 0.238. The van der Waals surface area contributed by atoms with Crippen molar-refractivity contribution in [2.75, 3.05) is 20.1 Å². The van der Waals surface area contributed by atoms with Crippen molar-refractivity contribution in [2.45, 2.75) is 52.1 Å². The maximum atomic E-state index is 3.49. The monoisotopic (exact) mass is 274 g/mol. The number of nitrogens with zero attached hydrogens (tertiary/aromatic N) is 1. The Kier molecular flexibility index (Phi) is 5.22. The third-order valence-electron chi connectivity index (χ3n) is 4.68. The number of benzene rings is 1. The molecule has 0 spiro atoms. The second kappa shape index (κ2) is 6.73. The van der Waals surface area contributed by atoms with Crippen LogP contribution in [0.1, 0.15) is 57.2 Å². The number of nitrogens with one attached hydrogen (secondary N) is 1. The Morgan fingerprint density at radius 3 is 2.20 bits per heavy atom. The molecule has 2 nitrogen and oxygen atoms in total. The van der Waals surface area contributed by atoms with Crippen molar-refractivity contribution >= 4 is 0 Å². The largest absolute Gasteiger partial charge is 0.312 e. The van der Waals surface area contributed by atoms with Crippen molar-refractivity contribution in [1.29, 1.82) is 0 Å². The first-order valence-electron chi connectivity index (χ1n) is 8.02. The molecule has 1 aliphatic rings. The van der Waals surface area contributed by atoms with Crippen molar-refractivity contribution < 1.29 is 0 Å². The summed E-state index contributed by atoms with van der Waals surface area (Å²) in [4.78, 5) is 2.63. The van der Waals surface area contributed by atoms with E-state index in [1.54, 1.807) is 0 Å². The van der Waals surface area contributed by atoms with E-state index in [1.165, 1.54) is 24.1 Å². The summed E-state index contributed by atoms with van der Waals surface area (Å²) in [7, 11) is 2.07. The Bertz CT molecular complexity index is 410. The molecule has 1 N–H and O–H groups in total. The van der Waals surface area contributed by atoms with E-state index >= 15 is 0 Å². The van der Waals surface area contributed by atoms with Gasteiger partial charge in [0.1, 0.15) is 0 Å². The van der Waals surface area contributed by atoms with Crippen LogP contribution < -0.4 is 5.32 Å². The highest BCUT2D eigenvalue weighted by molar-refractivity contribution is 5.27. The molecule has 2 heteroatoms. The lowest BCUT2D eigenvalue weighted by Gasteiger charge is -2.27. The van der Waals surface area contributed by atoms with Crippen LogP contribution in [0.4, 0.5) is 0 Å². The van der Waals surface area contributed by atoms with Crippen molar-refractivity contribution in [2.24, 2.45) is 5.92 Å². The molecule has 20 heavy (non-hydrogen) atoms. The first-order chi connectivity index (χ1) is 9.51. The minimum atomic E-state index is 0.434. The van der Waals surface area contributed by atoms with Crippen LogP contribution >= 0.6 is 0 Å². The summed E-state index contributed by atoms with van der Waals surface area (Å²) < 4.78 is 0. The van der Waals surface area contributed by atoms with Crippen molar-refractivity contribution in [3.63, 3.8) is 0 Å². The second-order valence-electron chi connectivity index (χ2n) is 6.81. The molecule has 1 fully saturated rings. The second-order valence-corrected chi connectivity index (χ2v) is 6.81. The fourth-order valence-corrected chi connectivity index (χ4v) is 3.35. The van der Waals surface area contributed by atoms with Gasteiger partial charge in [-0.25, -0.2) is 0 Å². The minimum absolute atomic E-state index is 0.434. The molecule has 1 aromatic carbocycles. The van der Waals surface area contributed by atoms with Gasteiger partial charge in [0.25, 0.3) is 0 Å². The number of likely N-dealkylation sites (tertiary alicyclic amines) is 1. The van der Waals surface area contributed by atoms with Crippen LogP contribution in [0.25, 0.3) is 0 Å². The van der Waals surface area contributed by atoms with Crippen molar-refractivity contribution in [3.05, 3.63) is 35.4 Å². The smallest absolute Gasteiger partial charge is 0.0446 e. The first-order valence-corrected chi connectivity index (χ1v) is 8.02. The highest BCUT2D eigenvalue weighted by Crippen LogP contribution is 2.26.